The lowest BCUT2D eigenvalue weighted by molar-refractivity contribution is -0.141. The number of carboxylic acid groups (broad SMARTS) is 1. The van der Waals surface area contributed by atoms with Gasteiger partial charge in [-0.15, -0.1) is 11.3 Å². The number of halogens is 1. The van der Waals surface area contributed by atoms with Gasteiger partial charge in [-0.1, -0.05) is 0 Å². The molecule has 0 saturated heterocycles. The first-order chi connectivity index (χ1) is 8.43. The number of amides is 1. The van der Waals surface area contributed by atoms with Gasteiger partial charge in [0, 0.05) is 9.61 Å². The third kappa shape index (κ3) is 2.54. The zero-order valence-electron chi connectivity index (χ0n) is 10.1. The van der Waals surface area contributed by atoms with E-state index >= 15 is 0 Å². The van der Waals surface area contributed by atoms with Gasteiger partial charge >= 0.3 is 5.97 Å². The van der Waals surface area contributed by atoms with Crippen LogP contribution < -0.4 is 0 Å². The quantitative estimate of drug-likeness (QED) is 0.819. The lowest BCUT2D eigenvalue weighted by Gasteiger charge is -2.26. The Morgan fingerprint density at radius 2 is 2.17 bits per heavy atom. The van der Waals surface area contributed by atoms with Crippen LogP contribution in [0.4, 0.5) is 0 Å². The van der Waals surface area contributed by atoms with E-state index < -0.39 is 12.0 Å². The molecule has 4 nitrogen and oxygen atoms in total. The van der Waals surface area contributed by atoms with Crippen LogP contribution in [-0.2, 0) is 4.79 Å². The van der Waals surface area contributed by atoms with Gasteiger partial charge in [-0.3, -0.25) is 4.79 Å². The van der Waals surface area contributed by atoms with Crippen molar-refractivity contribution in [1.29, 1.82) is 0 Å². The summed E-state index contributed by atoms with van der Waals surface area (Å²) in [5.74, 6) is -1.09. The van der Waals surface area contributed by atoms with E-state index in [1.807, 2.05) is 12.3 Å². The van der Waals surface area contributed by atoms with Gasteiger partial charge in [0.25, 0.3) is 5.91 Å². The number of thiophene rings is 1. The normalized spacial score (nSPS) is 16.4. The van der Waals surface area contributed by atoms with Gasteiger partial charge < -0.3 is 10.0 Å². The van der Waals surface area contributed by atoms with Gasteiger partial charge in [-0.2, -0.15) is 0 Å². The van der Waals surface area contributed by atoms with Crippen molar-refractivity contribution < 1.29 is 14.7 Å². The maximum absolute atomic E-state index is 12.5. The second-order valence-electron chi connectivity index (χ2n) is 4.52. The van der Waals surface area contributed by atoms with Crippen molar-refractivity contribution in [2.24, 2.45) is 0 Å². The molecule has 18 heavy (non-hydrogen) atoms. The number of rotatable bonds is 4. The smallest absolute Gasteiger partial charge is 0.326 e. The molecule has 0 spiro atoms. The Morgan fingerprint density at radius 1 is 1.56 bits per heavy atom. The summed E-state index contributed by atoms with van der Waals surface area (Å²) >= 11 is 3.54. The molecule has 1 aromatic heterocycles. The third-order valence-electron chi connectivity index (χ3n) is 3.04. The van der Waals surface area contributed by atoms with E-state index in [0.29, 0.717) is 4.88 Å². The molecule has 1 N–H and O–H groups in total. The fourth-order valence-electron chi connectivity index (χ4n) is 1.82. The van der Waals surface area contributed by atoms with Crippen LogP contribution in [0.15, 0.2) is 5.38 Å². The molecule has 2 rings (SSSR count). The molecule has 0 bridgehead atoms. The highest BCUT2D eigenvalue weighted by molar-refractivity contribution is 14.1. The van der Waals surface area contributed by atoms with Crippen molar-refractivity contribution in [1.82, 2.24) is 4.90 Å². The van der Waals surface area contributed by atoms with Crippen molar-refractivity contribution in [2.45, 2.75) is 38.8 Å². The van der Waals surface area contributed by atoms with Crippen LogP contribution in [0.1, 0.15) is 35.0 Å². The average Bonchev–Trinajstić information content (AvgIpc) is 3.07. The molecule has 0 aromatic carbocycles. The molecule has 1 atom stereocenters. The molecule has 1 heterocycles. The first-order valence-electron chi connectivity index (χ1n) is 5.72. The summed E-state index contributed by atoms with van der Waals surface area (Å²) < 4.78 is 0.936. The molecule has 1 aliphatic rings. The molecular formula is C12H14INO3S. The van der Waals surface area contributed by atoms with E-state index in [1.165, 1.54) is 16.2 Å². The second-order valence-corrected chi connectivity index (χ2v) is 6.48. The van der Waals surface area contributed by atoms with Gasteiger partial charge in [0.05, 0.1) is 0 Å². The molecule has 1 unspecified atom stereocenters. The SMILES string of the molecule is Cc1csc(C(=O)N(C2CC2)C(C)C(=O)O)c1I. The van der Waals surface area contributed by atoms with Gasteiger partial charge in [0.15, 0.2) is 0 Å². The van der Waals surface area contributed by atoms with E-state index in [4.69, 9.17) is 5.11 Å². The average molecular weight is 379 g/mol. The molecule has 0 radical (unpaired) electrons. The zero-order valence-corrected chi connectivity index (χ0v) is 13.1. The molecule has 1 aliphatic carbocycles. The molecule has 98 valence electrons. The molecule has 6 heteroatoms. The van der Waals surface area contributed by atoms with E-state index in [1.54, 1.807) is 6.92 Å². The molecule has 1 amide bonds. The van der Waals surface area contributed by atoms with Crippen LogP contribution in [0.3, 0.4) is 0 Å². The third-order valence-corrected chi connectivity index (χ3v) is 5.88. The highest BCUT2D eigenvalue weighted by Gasteiger charge is 2.39. The minimum atomic E-state index is -0.946. The topological polar surface area (TPSA) is 57.6 Å². The minimum absolute atomic E-state index is 0.0989. The van der Waals surface area contributed by atoms with Gasteiger partial charge in [0.1, 0.15) is 10.9 Å². The zero-order chi connectivity index (χ0) is 13.4. The summed E-state index contributed by atoms with van der Waals surface area (Å²) in [7, 11) is 0. The van der Waals surface area contributed by atoms with Crippen molar-refractivity contribution in [3.63, 3.8) is 0 Å². The summed E-state index contributed by atoms with van der Waals surface area (Å²) in [6, 6.07) is -0.662. The van der Waals surface area contributed by atoms with Crippen LogP contribution in [0.25, 0.3) is 0 Å². The Hall–Kier alpha value is -0.630. The molecule has 0 aliphatic heterocycles. The number of carboxylic acids is 1. The number of hydrogen-bond donors (Lipinski definition) is 1. The van der Waals surface area contributed by atoms with Crippen molar-refractivity contribution in [3.05, 3.63) is 19.4 Å². The fraction of sp³-hybridized carbons (Fsp3) is 0.500. The summed E-state index contributed by atoms with van der Waals surface area (Å²) in [6.45, 7) is 3.53. The molecule has 1 saturated carbocycles. The summed E-state index contributed by atoms with van der Waals surface area (Å²) in [6.07, 6.45) is 1.81. The Labute approximate surface area is 123 Å². The predicted molar refractivity (Wildman–Crippen MR) is 78.1 cm³/mol. The van der Waals surface area contributed by atoms with E-state index in [2.05, 4.69) is 22.6 Å². The van der Waals surface area contributed by atoms with E-state index in [0.717, 1.165) is 22.0 Å². The molecule has 1 aromatic rings. The van der Waals surface area contributed by atoms with Crippen LogP contribution in [0, 0.1) is 10.5 Å². The number of hydrogen-bond acceptors (Lipinski definition) is 3. The Bertz CT molecular complexity index is 496. The number of aryl methyl sites for hydroxylation is 1. The van der Waals surface area contributed by atoms with E-state index in [9.17, 15) is 9.59 Å². The lowest BCUT2D eigenvalue weighted by atomic mass is 10.2. The van der Waals surface area contributed by atoms with Gasteiger partial charge in [-0.05, 0) is 60.2 Å². The van der Waals surface area contributed by atoms with Crippen LogP contribution in [0.5, 0.6) is 0 Å². The second kappa shape index (κ2) is 5.16. The lowest BCUT2D eigenvalue weighted by Crippen LogP contribution is -2.44. The highest BCUT2D eigenvalue weighted by Crippen LogP contribution is 2.33. The van der Waals surface area contributed by atoms with Gasteiger partial charge in [-0.25, -0.2) is 4.79 Å². The summed E-state index contributed by atoms with van der Waals surface area (Å²) in [4.78, 5) is 25.8. The highest BCUT2D eigenvalue weighted by atomic mass is 127. The molecular weight excluding hydrogens is 365 g/mol. The number of nitrogens with zero attached hydrogens (tertiary/aromatic N) is 1. The molecule has 1 fully saturated rings. The summed E-state index contributed by atoms with van der Waals surface area (Å²) in [5.41, 5.74) is 1.07. The van der Waals surface area contributed by atoms with Gasteiger partial charge in [0.2, 0.25) is 0 Å². The maximum atomic E-state index is 12.5. The van der Waals surface area contributed by atoms with Crippen molar-refractivity contribution in [2.75, 3.05) is 0 Å². The standard InChI is InChI=1S/C12H14INO3S/c1-6-5-18-10(9(6)13)11(15)14(8-3-4-8)7(2)12(16)17/h5,7-8H,3-4H2,1-2H3,(H,16,17). The Kier molecular flexibility index (Phi) is 3.96. The van der Waals surface area contributed by atoms with E-state index in [-0.39, 0.29) is 11.9 Å². The minimum Gasteiger partial charge on any atom is -0.480 e. The van der Waals surface area contributed by atoms with Crippen LogP contribution in [0.2, 0.25) is 0 Å². The van der Waals surface area contributed by atoms with Crippen LogP contribution in [-0.4, -0.2) is 34.0 Å². The van der Waals surface area contributed by atoms with Crippen molar-refractivity contribution in [3.8, 4) is 0 Å². The number of aliphatic carboxylic acids is 1. The van der Waals surface area contributed by atoms with Crippen molar-refractivity contribution >= 4 is 45.8 Å². The first kappa shape index (κ1) is 13.8. The number of carbonyl (C=O) groups is 2. The first-order valence-corrected chi connectivity index (χ1v) is 7.68. The fourth-order valence-corrected chi connectivity index (χ4v) is 3.68. The predicted octanol–water partition coefficient (Wildman–Crippen LogP) is 2.74. The monoisotopic (exact) mass is 379 g/mol. The Morgan fingerprint density at radius 3 is 2.56 bits per heavy atom. The summed E-state index contributed by atoms with van der Waals surface area (Å²) in [5, 5.41) is 11.0. The number of carbonyl (C=O) groups excluding carboxylic acids is 1. The largest absolute Gasteiger partial charge is 0.480 e. The maximum Gasteiger partial charge on any atom is 0.326 e. The van der Waals surface area contributed by atoms with Crippen LogP contribution >= 0.6 is 33.9 Å². The Balaban J connectivity index is 2.29.